The summed E-state index contributed by atoms with van der Waals surface area (Å²) in [7, 11) is 0. The topological polar surface area (TPSA) is 66.9 Å². The molecule has 0 aliphatic rings. The molecule has 0 aromatic heterocycles. The molecule has 4 nitrogen and oxygen atoms in total. The van der Waals surface area contributed by atoms with Crippen molar-refractivity contribution in [2.45, 2.75) is 25.8 Å². The van der Waals surface area contributed by atoms with E-state index < -0.39 is 10.5 Å². The van der Waals surface area contributed by atoms with E-state index in [0.29, 0.717) is 0 Å². The lowest BCUT2D eigenvalue weighted by Crippen LogP contribution is -2.31. The summed E-state index contributed by atoms with van der Waals surface area (Å²) in [5.41, 5.74) is -1.39. The maximum Gasteiger partial charge on any atom is 0.302 e. The van der Waals surface area contributed by atoms with Crippen molar-refractivity contribution in [1.82, 2.24) is 0 Å². The van der Waals surface area contributed by atoms with E-state index in [9.17, 15) is 10.1 Å². The van der Waals surface area contributed by atoms with E-state index in [1.165, 1.54) is 6.92 Å². The highest BCUT2D eigenvalue weighted by Crippen LogP contribution is 2.10. The molecule has 4 heteroatoms. The van der Waals surface area contributed by atoms with Gasteiger partial charge in [-0.15, -0.1) is 0 Å². The fourth-order valence-electron chi connectivity index (χ4n) is 0.249. The molecule has 0 spiro atoms. The van der Waals surface area contributed by atoms with Crippen LogP contribution in [0.2, 0.25) is 0 Å². The molecule has 0 aromatic rings. The quantitative estimate of drug-likeness (QED) is 0.410. The minimum atomic E-state index is -1.39. The molecule has 50 valence electrons. The molecular weight excluding hydrogens is 120 g/mol. The lowest BCUT2D eigenvalue weighted by Gasteiger charge is -2.07. The van der Waals surface area contributed by atoms with Crippen molar-refractivity contribution in [1.29, 1.82) is 5.26 Å². The Hall–Kier alpha value is -1.11. The van der Waals surface area contributed by atoms with Crippen molar-refractivity contribution >= 4 is 0 Å². The van der Waals surface area contributed by atoms with E-state index in [-0.39, 0.29) is 6.42 Å². The van der Waals surface area contributed by atoms with E-state index in [4.69, 9.17) is 5.26 Å². The number of nitro groups is 1. The Bertz CT molecular complexity index is 161. The third kappa shape index (κ3) is 1.39. The summed E-state index contributed by atoms with van der Waals surface area (Å²) < 4.78 is 0. The van der Waals surface area contributed by atoms with Gasteiger partial charge in [0, 0.05) is 18.3 Å². The molecule has 0 saturated heterocycles. The van der Waals surface area contributed by atoms with Crippen LogP contribution in [0, 0.1) is 21.4 Å². The van der Waals surface area contributed by atoms with Gasteiger partial charge in [0.2, 0.25) is 0 Å². The molecule has 0 heterocycles. The average molecular weight is 128 g/mol. The van der Waals surface area contributed by atoms with E-state index in [0.717, 1.165) is 0 Å². The lowest BCUT2D eigenvalue weighted by atomic mass is 10.0. The van der Waals surface area contributed by atoms with Gasteiger partial charge in [-0.25, -0.2) is 0 Å². The van der Waals surface area contributed by atoms with Crippen LogP contribution in [0.25, 0.3) is 0 Å². The molecule has 0 N–H and O–H groups in total. The van der Waals surface area contributed by atoms with Crippen LogP contribution in [-0.4, -0.2) is 10.5 Å². The largest absolute Gasteiger partial charge is 0.302 e. The second-order valence-electron chi connectivity index (χ2n) is 2.00. The predicted octanol–water partition coefficient (Wildman–Crippen LogP) is 0.955. The highest BCUT2D eigenvalue weighted by Gasteiger charge is 2.34. The van der Waals surface area contributed by atoms with Gasteiger partial charge in [0.25, 0.3) is 0 Å². The first kappa shape index (κ1) is 7.89. The van der Waals surface area contributed by atoms with Gasteiger partial charge < -0.3 is 0 Å². The first-order valence-corrected chi connectivity index (χ1v) is 2.62. The van der Waals surface area contributed by atoms with Gasteiger partial charge in [0.1, 0.15) is 6.07 Å². The van der Waals surface area contributed by atoms with Crippen LogP contribution in [0.3, 0.4) is 0 Å². The zero-order valence-corrected chi connectivity index (χ0v) is 5.42. The summed E-state index contributed by atoms with van der Waals surface area (Å²) in [5.74, 6) is 0. The first-order chi connectivity index (χ1) is 4.06. The molecule has 0 amide bonds. The van der Waals surface area contributed by atoms with Gasteiger partial charge >= 0.3 is 5.54 Å². The normalized spacial score (nSPS) is 15.7. The SMILES string of the molecule is CC[C@@](C)(C#N)[N+](=O)[O-]. The Labute approximate surface area is 53.2 Å². The zero-order chi connectivity index (χ0) is 7.49. The Balaban J connectivity index is 4.33. The minimum Gasteiger partial charge on any atom is -0.263 e. The number of hydrogen-bond donors (Lipinski definition) is 0. The number of hydrogen-bond acceptors (Lipinski definition) is 3. The van der Waals surface area contributed by atoms with Gasteiger partial charge in [0.05, 0.1) is 0 Å². The van der Waals surface area contributed by atoms with Crippen molar-refractivity contribution in [3.63, 3.8) is 0 Å². The molecule has 1 atom stereocenters. The van der Waals surface area contributed by atoms with E-state index in [2.05, 4.69) is 0 Å². The highest BCUT2D eigenvalue weighted by molar-refractivity contribution is 4.95. The van der Waals surface area contributed by atoms with E-state index >= 15 is 0 Å². The Morgan fingerprint density at radius 1 is 1.89 bits per heavy atom. The molecule has 0 fully saturated rings. The first-order valence-electron chi connectivity index (χ1n) is 2.62. The van der Waals surface area contributed by atoms with E-state index in [1.807, 2.05) is 0 Å². The van der Waals surface area contributed by atoms with Gasteiger partial charge in [-0.2, -0.15) is 5.26 Å². The number of rotatable bonds is 2. The number of nitriles is 1. The Kier molecular flexibility index (Phi) is 2.14. The van der Waals surface area contributed by atoms with Crippen LogP contribution in [0.15, 0.2) is 0 Å². The van der Waals surface area contributed by atoms with Crippen molar-refractivity contribution in [3.05, 3.63) is 10.1 Å². The minimum absolute atomic E-state index is 0.247. The smallest absolute Gasteiger partial charge is 0.263 e. The summed E-state index contributed by atoms with van der Waals surface area (Å²) in [6, 6.07) is 1.63. The van der Waals surface area contributed by atoms with Crippen LogP contribution >= 0.6 is 0 Å². The standard InChI is InChI=1S/C5H8N2O2/c1-3-5(2,4-6)7(8)9/h3H2,1-2H3/t5-/m0/s1. The monoisotopic (exact) mass is 128 g/mol. The maximum atomic E-state index is 10.1. The van der Waals surface area contributed by atoms with Crippen molar-refractivity contribution in [2.24, 2.45) is 0 Å². The van der Waals surface area contributed by atoms with Gasteiger partial charge in [-0.3, -0.25) is 10.1 Å². The van der Waals surface area contributed by atoms with Crippen LogP contribution < -0.4 is 0 Å². The summed E-state index contributed by atoms with van der Waals surface area (Å²) in [6.07, 6.45) is 0.247. The van der Waals surface area contributed by atoms with Crippen molar-refractivity contribution in [2.75, 3.05) is 0 Å². The number of nitrogens with zero attached hydrogens (tertiary/aromatic N) is 2. The molecule has 9 heavy (non-hydrogen) atoms. The van der Waals surface area contributed by atoms with E-state index in [1.54, 1.807) is 13.0 Å². The summed E-state index contributed by atoms with van der Waals surface area (Å²) in [5, 5.41) is 18.3. The zero-order valence-electron chi connectivity index (χ0n) is 5.42. The molecule has 0 aromatic carbocycles. The van der Waals surface area contributed by atoms with Crippen LogP contribution in [0.5, 0.6) is 0 Å². The fourth-order valence-corrected chi connectivity index (χ4v) is 0.249. The summed E-state index contributed by atoms with van der Waals surface area (Å²) in [4.78, 5) is 9.50. The molecule has 0 bridgehead atoms. The second-order valence-corrected chi connectivity index (χ2v) is 2.00. The Morgan fingerprint density at radius 2 is 2.33 bits per heavy atom. The molecule has 0 aliphatic carbocycles. The summed E-state index contributed by atoms with van der Waals surface area (Å²) >= 11 is 0. The molecule has 0 aliphatic heterocycles. The van der Waals surface area contributed by atoms with Crippen LogP contribution in [0.4, 0.5) is 0 Å². The van der Waals surface area contributed by atoms with Crippen molar-refractivity contribution < 1.29 is 4.92 Å². The summed E-state index contributed by atoms with van der Waals surface area (Å²) in [6.45, 7) is 2.93. The fraction of sp³-hybridized carbons (Fsp3) is 0.800. The molecule has 0 saturated carbocycles. The van der Waals surface area contributed by atoms with Gasteiger partial charge in [-0.1, -0.05) is 6.92 Å². The third-order valence-corrected chi connectivity index (χ3v) is 1.33. The maximum absolute atomic E-state index is 10.1. The highest BCUT2D eigenvalue weighted by atomic mass is 16.6. The molecule has 0 radical (unpaired) electrons. The van der Waals surface area contributed by atoms with Crippen LogP contribution in [-0.2, 0) is 0 Å². The third-order valence-electron chi connectivity index (χ3n) is 1.33. The average Bonchev–Trinajstić information content (AvgIpc) is 1.86. The van der Waals surface area contributed by atoms with Gasteiger partial charge in [0.15, 0.2) is 0 Å². The van der Waals surface area contributed by atoms with Gasteiger partial charge in [-0.05, 0) is 0 Å². The van der Waals surface area contributed by atoms with Crippen LogP contribution in [0.1, 0.15) is 20.3 Å². The second kappa shape index (κ2) is 2.44. The Morgan fingerprint density at radius 3 is 2.33 bits per heavy atom. The predicted molar refractivity (Wildman–Crippen MR) is 31.3 cm³/mol. The molecular formula is C5H8N2O2. The molecule has 0 unspecified atom stereocenters. The van der Waals surface area contributed by atoms with Crippen molar-refractivity contribution in [3.8, 4) is 6.07 Å². The lowest BCUT2D eigenvalue weighted by molar-refractivity contribution is -0.547. The molecule has 0 rings (SSSR count).